The molecule has 0 aliphatic rings. The van der Waals surface area contributed by atoms with Crippen LogP contribution in [0, 0.1) is 0 Å². The molecule has 0 bridgehead atoms. The molecule has 1 N–H and O–H groups in total. The van der Waals surface area contributed by atoms with Crippen molar-refractivity contribution in [1.82, 2.24) is 9.97 Å². The fraction of sp³-hybridized carbons (Fsp3) is 0.182. The van der Waals surface area contributed by atoms with E-state index in [1.807, 2.05) is 18.5 Å². The number of pyridine rings is 1. The van der Waals surface area contributed by atoms with Gasteiger partial charge in [-0.05, 0) is 24.5 Å². The maximum Gasteiger partial charge on any atom is 0.137 e. The van der Waals surface area contributed by atoms with E-state index >= 15 is 0 Å². The largest absolute Gasteiger partial charge is 0.411 e. The highest BCUT2D eigenvalue weighted by Crippen LogP contribution is 2.13. The van der Waals surface area contributed by atoms with Gasteiger partial charge in [-0.25, -0.2) is 4.98 Å². The molecule has 0 amide bonds. The van der Waals surface area contributed by atoms with Gasteiger partial charge >= 0.3 is 0 Å². The number of aromatic nitrogens is 2. The Labute approximate surface area is 97.3 Å². The fourth-order valence-electron chi connectivity index (χ4n) is 1.36. The van der Waals surface area contributed by atoms with Crippen LogP contribution in [0.4, 0.5) is 0 Å². The lowest BCUT2D eigenvalue weighted by molar-refractivity contribution is 0.322. The molecule has 5 heteroatoms. The smallest absolute Gasteiger partial charge is 0.137 e. The highest BCUT2D eigenvalue weighted by atomic mass is 32.1. The van der Waals surface area contributed by atoms with Gasteiger partial charge in [-0.3, -0.25) is 4.98 Å². The quantitative estimate of drug-likeness (QED) is 0.500. The Hall–Kier alpha value is -1.75. The third kappa shape index (κ3) is 2.87. The minimum Gasteiger partial charge on any atom is -0.411 e. The summed E-state index contributed by atoms with van der Waals surface area (Å²) < 4.78 is 0. The van der Waals surface area contributed by atoms with Crippen LogP contribution in [0.2, 0.25) is 0 Å². The van der Waals surface area contributed by atoms with Gasteiger partial charge in [0.15, 0.2) is 0 Å². The van der Waals surface area contributed by atoms with Crippen LogP contribution in [-0.4, -0.2) is 21.4 Å². The molecule has 2 aromatic heterocycles. The van der Waals surface area contributed by atoms with E-state index in [9.17, 15) is 0 Å². The zero-order chi connectivity index (χ0) is 11.2. The average molecular weight is 233 g/mol. The van der Waals surface area contributed by atoms with Gasteiger partial charge in [0.05, 0.1) is 0 Å². The number of nitrogens with zero attached hydrogens (tertiary/aromatic N) is 3. The summed E-state index contributed by atoms with van der Waals surface area (Å²) in [5, 5.41) is 12.0. The van der Waals surface area contributed by atoms with Gasteiger partial charge in [0, 0.05) is 23.5 Å². The standard InChI is InChI=1S/C11H11N3OS/c15-14-8-11-13-7-10(16-11)4-3-9-2-1-5-12-6-9/h1-2,5-8,15H,3-4H2/b14-8-. The van der Waals surface area contributed by atoms with Crippen molar-refractivity contribution in [2.24, 2.45) is 5.16 Å². The molecule has 0 fully saturated rings. The van der Waals surface area contributed by atoms with Gasteiger partial charge in [-0.2, -0.15) is 0 Å². The minimum absolute atomic E-state index is 0.726. The highest BCUT2D eigenvalue weighted by molar-refractivity contribution is 7.13. The zero-order valence-corrected chi connectivity index (χ0v) is 9.39. The second-order valence-corrected chi connectivity index (χ2v) is 4.42. The lowest BCUT2D eigenvalue weighted by Crippen LogP contribution is -1.88. The summed E-state index contributed by atoms with van der Waals surface area (Å²) in [6, 6.07) is 4.00. The molecular formula is C11H11N3OS. The molecule has 0 saturated heterocycles. The third-order valence-corrected chi connectivity index (χ3v) is 3.11. The third-order valence-electron chi connectivity index (χ3n) is 2.12. The summed E-state index contributed by atoms with van der Waals surface area (Å²) in [4.78, 5) is 9.36. The van der Waals surface area contributed by atoms with Crippen molar-refractivity contribution < 1.29 is 5.21 Å². The Balaban J connectivity index is 1.94. The highest BCUT2D eigenvalue weighted by Gasteiger charge is 2.00. The van der Waals surface area contributed by atoms with E-state index in [1.54, 1.807) is 6.20 Å². The van der Waals surface area contributed by atoms with Gasteiger partial charge in [-0.15, -0.1) is 11.3 Å². The first kappa shape index (κ1) is 10.8. The van der Waals surface area contributed by atoms with Gasteiger partial charge in [0.1, 0.15) is 11.2 Å². The van der Waals surface area contributed by atoms with Crippen molar-refractivity contribution >= 4 is 17.6 Å². The number of hydrogen-bond acceptors (Lipinski definition) is 5. The molecule has 2 heterocycles. The monoisotopic (exact) mass is 233 g/mol. The molecule has 16 heavy (non-hydrogen) atoms. The van der Waals surface area contributed by atoms with E-state index in [0.29, 0.717) is 0 Å². The molecule has 0 atom stereocenters. The van der Waals surface area contributed by atoms with Crippen LogP contribution < -0.4 is 0 Å². The second-order valence-electron chi connectivity index (χ2n) is 3.27. The SMILES string of the molecule is O/N=C\c1ncc(CCc2cccnc2)s1. The summed E-state index contributed by atoms with van der Waals surface area (Å²) in [6.45, 7) is 0. The fourth-order valence-corrected chi connectivity index (χ4v) is 2.14. The van der Waals surface area contributed by atoms with Gasteiger partial charge in [0.25, 0.3) is 0 Å². The lowest BCUT2D eigenvalue weighted by atomic mass is 10.1. The Kier molecular flexibility index (Phi) is 3.61. The summed E-state index contributed by atoms with van der Waals surface area (Å²) in [6.07, 6.45) is 8.69. The molecule has 2 rings (SSSR count). The summed E-state index contributed by atoms with van der Waals surface area (Å²) in [7, 11) is 0. The van der Waals surface area contributed by atoms with Crippen LogP contribution in [0.1, 0.15) is 15.4 Å². The molecular weight excluding hydrogens is 222 g/mol. The van der Waals surface area contributed by atoms with E-state index in [-0.39, 0.29) is 0 Å². The van der Waals surface area contributed by atoms with Crippen LogP contribution in [0.25, 0.3) is 0 Å². The Morgan fingerprint density at radius 2 is 2.31 bits per heavy atom. The zero-order valence-electron chi connectivity index (χ0n) is 8.58. The number of thiazole rings is 1. The van der Waals surface area contributed by atoms with Crippen LogP contribution >= 0.6 is 11.3 Å². The average Bonchev–Trinajstić information content (AvgIpc) is 2.76. The van der Waals surface area contributed by atoms with Gasteiger partial charge < -0.3 is 5.21 Å². The molecule has 0 radical (unpaired) electrons. The number of hydrogen-bond donors (Lipinski definition) is 1. The van der Waals surface area contributed by atoms with Crippen molar-refractivity contribution in [3.8, 4) is 0 Å². The predicted octanol–water partition coefficient (Wildman–Crippen LogP) is 2.13. The van der Waals surface area contributed by atoms with Crippen LogP contribution in [0.5, 0.6) is 0 Å². The van der Waals surface area contributed by atoms with E-state index in [0.717, 1.165) is 17.8 Å². The van der Waals surface area contributed by atoms with Crippen molar-refractivity contribution in [3.05, 3.63) is 46.2 Å². The van der Waals surface area contributed by atoms with E-state index in [4.69, 9.17) is 5.21 Å². The van der Waals surface area contributed by atoms with Crippen molar-refractivity contribution in [3.63, 3.8) is 0 Å². The summed E-state index contributed by atoms with van der Waals surface area (Å²) in [5.41, 5.74) is 1.22. The van der Waals surface area contributed by atoms with Crippen molar-refractivity contribution in [2.45, 2.75) is 12.8 Å². The topological polar surface area (TPSA) is 58.4 Å². The maximum atomic E-state index is 8.36. The van der Waals surface area contributed by atoms with Crippen LogP contribution in [0.3, 0.4) is 0 Å². The molecule has 0 spiro atoms. The lowest BCUT2D eigenvalue weighted by Gasteiger charge is -1.97. The molecule has 0 saturated carbocycles. The summed E-state index contributed by atoms with van der Waals surface area (Å²) in [5.74, 6) is 0. The Bertz CT molecular complexity index is 467. The molecule has 2 aromatic rings. The molecule has 4 nitrogen and oxygen atoms in total. The van der Waals surface area contributed by atoms with Crippen LogP contribution in [-0.2, 0) is 12.8 Å². The molecule has 0 aliphatic carbocycles. The van der Waals surface area contributed by atoms with E-state index in [2.05, 4.69) is 21.2 Å². The number of rotatable bonds is 4. The van der Waals surface area contributed by atoms with Crippen molar-refractivity contribution in [2.75, 3.05) is 0 Å². The number of oxime groups is 1. The molecule has 0 unspecified atom stereocenters. The van der Waals surface area contributed by atoms with E-state index < -0.39 is 0 Å². The molecule has 82 valence electrons. The first-order valence-corrected chi connectivity index (χ1v) is 5.71. The van der Waals surface area contributed by atoms with Crippen LogP contribution in [0.15, 0.2) is 35.9 Å². The minimum atomic E-state index is 0.726. The first-order chi connectivity index (χ1) is 7.88. The number of aryl methyl sites for hydroxylation is 2. The summed E-state index contributed by atoms with van der Waals surface area (Å²) >= 11 is 1.54. The normalized spacial score (nSPS) is 11.0. The molecule has 0 aromatic carbocycles. The van der Waals surface area contributed by atoms with E-state index in [1.165, 1.54) is 28.0 Å². The predicted molar refractivity (Wildman–Crippen MR) is 63.1 cm³/mol. The Morgan fingerprint density at radius 3 is 3.06 bits per heavy atom. The first-order valence-electron chi connectivity index (χ1n) is 4.89. The van der Waals surface area contributed by atoms with Crippen molar-refractivity contribution in [1.29, 1.82) is 0 Å². The Morgan fingerprint density at radius 1 is 1.38 bits per heavy atom. The van der Waals surface area contributed by atoms with Gasteiger partial charge in [0.2, 0.25) is 0 Å². The van der Waals surface area contributed by atoms with Gasteiger partial charge in [-0.1, -0.05) is 11.2 Å². The molecule has 0 aliphatic heterocycles. The maximum absolute atomic E-state index is 8.36. The second kappa shape index (κ2) is 5.37.